The van der Waals surface area contributed by atoms with Crippen LogP contribution in [0.3, 0.4) is 0 Å². The van der Waals surface area contributed by atoms with Crippen molar-refractivity contribution in [3.63, 3.8) is 0 Å². The summed E-state index contributed by atoms with van der Waals surface area (Å²) in [5.74, 6) is 2.97. The number of furan rings is 1. The zero-order chi connectivity index (χ0) is 24.4. The fourth-order valence-electron chi connectivity index (χ4n) is 7.30. The second kappa shape index (κ2) is 10.2. The Morgan fingerprint density at radius 2 is 1.77 bits per heavy atom. The van der Waals surface area contributed by atoms with Crippen molar-refractivity contribution >= 4 is 11.8 Å². The highest BCUT2D eigenvalue weighted by Crippen LogP contribution is 2.60. The molecule has 7 nitrogen and oxygen atoms in total. The van der Waals surface area contributed by atoms with E-state index in [1.54, 1.807) is 13.4 Å². The standard InChI is InChI=1S/C28H39N3O4/c1-29-8-3-6-24(29)18-31(19-25-7-4-11-35-25)26(32)20-30(9-5-10-34-2)27(33)28-15-21-12-22(16-28)14-23(13-21)17-28/h3-4,6-8,11,21-23H,5,9-10,12-20H2,1-2H3. The van der Waals surface area contributed by atoms with Gasteiger partial charge in [-0.15, -0.1) is 0 Å². The molecule has 0 saturated heterocycles. The van der Waals surface area contributed by atoms with Gasteiger partial charge in [-0.05, 0) is 87.0 Å². The van der Waals surface area contributed by atoms with E-state index in [2.05, 4.69) is 0 Å². The SMILES string of the molecule is COCCCN(CC(=O)N(Cc1ccco1)Cc1cccn1C)C(=O)C12CC3CC(CC(C3)C1)C2. The van der Waals surface area contributed by atoms with Crippen LogP contribution in [0.4, 0.5) is 0 Å². The van der Waals surface area contributed by atoms with E-state index in [1.165, 1.54) is 19.3 Å². The monoisotopic (exact) mass is 481 g/mol. The first-order valence-electron chi connectivity index (χ1n) is 13.1. The van der Waals surface area contributed by atoms with Crippen molar-refractivity contribution in [1.82, 2.24) is 14.4 Å². The molecule has 7 heteroatoms. The summed E-state index contributed by atoms with van der Waals surface area (Å²) in [6.45, 7) is 2.10. The predicted molar refractivity (Wildman–Crippen MR) is 132 cm³/mol. The minimum Gasteiger partial charge on any atom is -0.467 e. The normalized spacial score (nSPS) is 26.7. The number of amides is 2. The lowest BCUT2D eigenvalue weighted by molar-refractivity contribution is -0.160. The quantitative estimate of drug-likeness (QED) is 0.451. The van der Waals surface area contributed by atoms with E-state index in [9.17, 15) is 9.59 Å². The van der Waals surface area contributed by atoms with E-state index in [0.717, 1.165) is 37.1 Å². The third-order valence-electron chi connectivity index (χ3n) is 8.57. The number of rotatable bonds is 11. The molecule has 4 aliphatic rings. The largest absolute Gasteiger partial charge is 0.467 e. The van der Waals surface area contributed by atoms with Crippen molar-refractivity contribution < 1.29 is 18.7 Å². The van der Waals surface area contributed by atoms with Gasteiger partial charge in [0.1, 0.15) is 5.76 Å². The van der Waals surface area contributed by atoms with E-state index in [0.29, 0.717) is 44.0 Å². The van der Waals surface area contributed by atoms with Crippen LogP contribution in [0.15, 0.2) is 41.1 Å². The van der Waals surface area contributed by atoms with Gasteiger partial charge in [0.2, 0.25) is 11.8 Å². The molecule has 2 aromatic heterocycles. The van der Waals surface area contributed by atoms with Gasteiger partial charge in [-0.3, -0.25) is 9.59 Å². The number of nitrogens with zero attached hydrogens (tertiary/aromatic N) is 3. The number of carbonyl (C=O) groups excluding carboxylic acids is 2. The van der Waals surface area contributed by atoms with Gasteiger partial charge in [-0.2, -0.15) is 0 Å². The molecular weight excluding hydrogens is 442 g/mol. The highest BCUT2D eigenvalue weighted by molar-refractivity contribution is 5.88. The van der Waals surface area contributed by atoms with Crippen LogP contribution >= 0.6 is 0 Å². The Hall–Kier alpha value is -2.54. The number of ether oxygens (including phenoxy) is 1. The number of methoxy groups -OCH3 is 1. The second-order valence-corrected chi connectivity index (χ2v) is 11.2. The first-order chi connectivity index (χ1) is 17.0. The van der Waals surface area contributed by atoms with Crippen LogP contribution in [0, 0.1) is 23.2 Å². The average Bonchev–Trinajstić information content (AvgIpc) is 3.48. The van der Waals surface area contributed by atoms with E-state index in [1.807, 2.05) is 51.9 Å². The van der Waals surface area contributed by atoms with E-state index >= 15 is 0 Å². The lowest BCUT2D eigenvalue weighted by Gasteiger charge is -2.56. The molecule has 2 amide bonds. The van der Waals surface area contributed by atoms with Crippen molar-refractivity contribution in [2.45, 2.75) is 58.0 Å². The van der Waals surface area contributed by atoms with E-state index in [-0.39, 0.29) is 23.8 Å². The molecule has 2 heterocycles. The zero-order valence-electron chi connectivity index (χ0n) is 21.2. The Labute approximate surface area is 208 Å². The summed E-state index contributed by atoms with van der Waals surface area (Å²) < 4.78 is 12.9. The van der Waals surface area contributed by atoms with Crippen LogP contribution in [-0.2, 0) is 34.5 Å². The molecule has 0 spiro atoms. The summed E-state index contributed by atoms with van der Waals surface area (Å²) >= 11 is 0. The van der Waals surface area contributed by atoms with Gasteiger partial charge < -0.3 is 23.5 Å². The maximum absolute atomic E-state index is 14.1. The molecule has 0 N–H and O–H groups in total. The minimum atomic E-state index is -0.258. The van der Waals surface area contributed by atoms with Crippen LogP contribution in [0.25, 0.3) is 0 Å². The Morgan fingerprint density at radius 3 is 2.34 bits per heavy atom. The number of hydrogen-bond donors (Lipinski definition) is 0. The molecule has 4 bridgehead atoms. The van der Waals surface area contributed by atoms with Crippen LogP contribution in [0.2, 0.25) is 0 Å². The molecule has 4 aliphatic carbocycles. The van der Waals surface area contributed by atoms with Crippen molar-refractivity contribution in [3.8, 4) is 0 Å². The fraction of sp³-hybridized carbons (Fsp3) is 0.643. The summed E-state index contributed by atoms with van der Waals surface area (Å²) in [5, 5.41) is 0. The van der Waals surface area contributed by atoms with Gasteiger partial charge in [0.05, 0.1) is 31.3 Å². The van der Waals surface area contributed by atoms with E-state index in [4.69, 9.17) is 9.15 Å². The van der Waals surface area contributed by atoms with Gasteiger partial charge in [-0.1, -0.05) is 0 Å². The van der Waals surface area contributed by atoms with Gasteiger partial charge in [-0.25, -0.2) is 0 Å². The molecular formula is C28H39N3O4. The van der Waals surface area contributed by atoms with Crippen molar-refractivity contribution in [2.24, 2.45) is 30.2 Å². The van der Waals surface area contributed by atoms with Gasteiger partial charge in [0, 0.05) is 39.2 Å². The molecule has 0 unspecified atom stereocenters. The highest BCUT2D eigenvalue weighted by Gasteiger charge is 2.55. The lowest BCUT2D eigenvalue weighted by atomic mass is 9.49. The van der Waals surface area contributed by atoms with Crippen molar-refractivity contribution in [1.29, 1.82) is 0 Å². The minimum absolute atomic E-state index is 0.0434. The first kappa shape index (κ1) is 24.2. The second-order valence-electron chi connectivity index (χ2n) is 11.2. The number of carbonyl (C=O) groups is 2. The van der Waals surface area contributed by atoms with Gasteiger partial charge in [0.25, 0.3) is 0 Å². The Kier molecular flexibility index (Phi) is 7.05. The predicted octanol–water partition coefficient (Wildman–Crippen LogP) is 4.23. The molecule has 6 rings (SSSR count). The number of hydrogen-bond acceptors (Lipinski definition) is 4. The number of aryl methyl sites for hydroxylation is 1. The van der Waals surface area contributed by atoms with Crippen LogP contribution < -0.4 is 0 Å². The highest BCUT2D eigenvalue weighted by atomic mass is 16.5. The summed E-state index contributed by atoms with van der Waals surface area (Å²) in [5.41, 5.74) is 0.787. The van der Waals surface area contributed by atoms with Crippen molar-refractivity contribution in [3.05, 3.63) is 48.2 Å². The molecule has 0 aliphatic heterocycles. The molecule has 190 valence electrons. The topological polar surface area (TPSA) is 67.9 Å². The molecule has 0 atom stereocenters. The number of aromatic nitrogens is 1. The molecule has 2 aromatic rings. The van der Waals surface area contributed by atoms with Crippen LogP contribution in [0.5, 0.6) is 0 Å². The van der Waals surface area contributed by atoms with Crippen molar-refractivity contribution in [2.75, 3.05) is 26.8 Å². The smallest absolute Gasteiger partial charge is 0.242 e. The Morgan fingerprint density at radius 1 is 1.06 bits per heavy atom. The van der Waals surface area contributed by atoms with E-state index < -0.39 is 0 Å². The lowest BCUT2D eigenvalue weighted by Crippen LogP contribution is -2.56. The van der Waals surface area contributed by atoms with Gasteiger partial charge in [0.15, 0.2) is 0 Å². The molecule has 0 radical (unpaired) electrons. The zero-order valence-corrected chi connectivity index (χ0v) is 21.2. The summed E-state index contributed by atoms with van der Waals surface area (Å²) in [6, 6.07) is 7.74. The van der Waals surface area contributed by atoms with Gasteiger partial charge >= 0.3 is 0 Å². The molecule has 4 fully saturated rings. The maximum atomic E-state index is 14.1. The average molecular weight is 482 g/mol. The maximum Gasteiger partial charge on any atom is 0.242 e. The fourth-order valence-corrected chi connectivity index (χ4v) is 7.30. The molecule has 0 aromatic carbocycles. The van der Waals surface area contributed by atoms with Crippen LogP contribution in [-0.4, -0.2) is 53.0 Å². The summed E-state index contributed by atoms with van der Waals surface area (Å²) in [4.78, 5) is 31.5. The first-order valence-corrected chi connectivity index (χ1v) is 13.1. The molecule has 4 saturated carbocycles. The third kappa shape index (κ3) is 5.20. The Balaban J connectivity index is 1.34. The summed E-state index contributed by atoms with van der Waals surface area (Å²) in [6.07, 6.45) is 11.3. The Bertz CT molecular complexity index is 976. The molecule has 35 heavy (non-hydrogen) atoms. The summed E-state index contributed by atoms with van der Waals surface area (Å²) in [7, 11) is 3.67. The third-order valence-corrected chi connectivity index (χ3v) is 8.57. The van der Waals surface area contributed by atoms with Crippen LogP contribution in [0.1, 0.15) is 56.4 Å².